The molecular formula is C16H19N3O2S2. The van der Waals surface area contributed by atoms with Crippen LogP contribution in [0.5, 0.6) is 0 Å². The van der Waals surface area contributed by atoms with Crippen molar-refractivity contribution in [1.29, 1.82) is 0 Å². The third-order valence-electron chi connectivity index (χ3n) is 4.61. The summed E-state index contributed by atoms with van der Waals surface area (Å²) < 4.78 is 29.5. The van der Waals surface area contributed by atoms with E-state index in [0.29, 0.717) is 6.54 Å². The van der Waals surface area contributed by atoms with Gasteiger partial charge in [-0.1, -0.05) is 12.1 Å². The number of rotatable bonds is 3. The molecule has 0 unspecified atom stereocenters. The van der Waals surface area contributed by atoms with Gasteiger partial charge in [0.2, 0.25) is 0 Å². The second-order valence-electron chi connectivity index (χ2n) is 6.13. The summed E-state index contributed by atoms with van der Waals surface area (Å²) in [5.41, 5.74) is 2.52. The molecule has 0 saturated heterocycles. The first kappa shape index (κ1) is 15.0. The number of anilines is 2. The molecule has 2 heterocycles. The van der Waals surface area contributed by atoms with Crippen LogP contribution >= 0.6 is 11.3 Å². The molecule has 1 saturated carbocycles. The molecule has 0 atom stereocenters. The predicted molar refractivity (Wildman–Crippen MR) is 93.3 cm³/mol. The van der Waals surface area contributed by atoms with Crippen molar-refractivity contribution >= 4 is 32.9 Å². The number of benzene rings is 1. The van der Waals surface area contributed by atoms with Gasteiger partial charge in [0.25, 0.3) is 0 Å². The Balaban J connectivity index is 1.78. The van der Waals surface area contributed by atoms with Crippen LogP contribution in [0.2, 0.25) is 0 Å². The van der Waals surface area contributed by atoms with E-state index in [1.807, 2.05) is 38.1 Å². The molecule has 5 nitrogen and oxygen atoms in total. The van der Waals surface area contributed by atoms with Crippen molar-refractivity contribution in [2.45, 2.75) is 45.7 Å². The molecule has 2 aromatic rings. The number of nitrogens with zero attached hydrogens (tertiary/aromatic N) is 3. The summed E-state index contributed by atoms with van der Waals surface area (Å²) in [7, 11) is -3.51. The Hall–Kier alpha value is -1.60. The first-order chi connectivity index (χ1) is 11.0. The summed E-state index contributed by atoms with van der Waals surface area (Å²) in [4.78, 5) is 5.43. The van der Waals surface area contributed by atoms with Crippen molar-refractivity contribution in [3.63, 3.8) is 0 Å². The monoisotopic (exact) mass is 349 g/mol. The molecule has 0 N–H and O–H groups in total. The van der Waals surface area contributed by atoms with Gasteiger partial charge < -0.3 is 0 Å². The molecule has 2 aliphatic rings. The van der Waals surface area contributed by atoms with E-state index < -0.39 is 10.2 Å². The van der Waals surface area contributed by atoms with Gasteiger partial charge in [0.15, 0.2) is 0 Å². The molecule has 0 radical (unpaired) electrons. The molecule has 0 bridgehead atoms. The van der Waals surface area contributed by atoms with E-state index in [9.17, 15) is 8.42 Å². The Labute approximate surface area is 140 Å². The van der Waals surface area contributed by atoms with Crippen LogP contribution in [0.15, 0.2) is 24.3 Å². The highest BCUT2D eigenvalue weighted by atomic mass is 32.2. The van der Waals surface area contributed by atoms with Crippen LogP contribution in [-0.2, 0) is 16.8 Å². The van der Waals surface area contributed by atoms with E-state index >= 15 is 0 Å². The highest BCUT2D eigenvalue weighted by Crippen LogP contribution is 2.46. The van der Waals surface area contributed by atoms with Gasteiger partial charge >= 0.3 is 10.2 Å². The second kappa shape index (κ2) is 5.21. The first-order valence-electron chi connectivity index (χ1n) is 7.82. The normalized spacial score (nSPS) is 19.7. The lowest BCUT2D eigenvalue weighted by atomic mass is 9.93. The standard InChI is InChI=1S/C16H19N3O2S2/c1-11-16(22-12(2)17-11)10-18-14-8-3-4-9-15(14)19(23(18,20)21)13-6-5-7-13/h3-4,8-9,13H,5-7,10H2,1-2H3. The summed E-state index contributed by atoms with van der Waals surface area (Å²) >= 11 is 1.57. The Morgan fingerprint density at radius 2 is 1.91 bits per heavy atom. The van der Waals surface area contributed by atoms with Crippen LogP contribution in [0.4, 0.5) is 11.4 Å². The zero-order valence-electron chi connectivity index (χ0n) is 13.2. The van der Waals surface area contributed by atoms with Crippen LogP contribution in [0.1, 0.15) is 34.8 Å². The van der Waals surface area contributed by atoms with Crippen molar-refractivity contribution < 1.29 is 8.42 Å². The summed E-state index contributed by atoms with van der Waals surface area (Å²) in [5, 5.41) is 0.971. The topological polar surface area (TPSA) is 53.5 Å². The molecule has 1 aromatic heterocycles. The molecule has 0 amide bonds. The van der Waals surface area contributed by atoms with Gasteiger partial charge in [-0.05, 0) is 45.2 Å². The minimum Gasteiger partial charge on any atom is -0.248 e. The second-order valence-corrected chi connectivity index (χ2v) is 9.14. The number of aromatic nitrogens is 1. The maximum absolute atomic E-state index is 13.1. The number of thiazole rings is 1. The fourth-order valence-electron chi connectivity index (χ4n) is 3.24. The van der Waals surface area contributed by atoms with E-state index in [-0.39, 0.29) is 6.04 Å². The highest BCUT2D eigenvalue weighted by Gasteiger charge is 2.45. The molecule has 1 aliphatic carbocycles. The number of para-hydroxylation sites is 2. The first-order valence-corrected chi connectivity index (χ1v) is 10.0. The average molecular weight is 349 g/mol. The molecule has 7 heteroatoms. The largest absolute Gasteiger partial charge is 0.327 e. The van der Waals surface area contributed by atoms with Gasteiger partial charge in [0.05, 0.1) is 28.6 Å². The van der Waals surface area contributed by atoms with Crippen LogP contribution in [-0.4, -0.2) is 19.4 Å². The summed E-state index contributed by atoms with van der Waals surface area (Å²) in [5.74, 6) is 0. The molecule has 1 fully saturated rings. The number of fused-ring (bicyclic) bond motifs is 1. The van der Waals surface area contributed by atoms with Gasteiger partial charge in [0.1, 0.15) is 0 Å². The van der Waals surface area contributed by atoms with E-state index in [0.717, 1.165) is 46.2 Å². The fourth-order valence-corrected chi connectivity index (χ4v) is 6.15. The number of hydrogen-bond acceptors (Lipinski definition) is 4. The van der Waals surface area contributed by atoms with Crippen LogP contribution in [0, 0.1) is 13.8 Å². The van der Waals surface area contributed by atoms with Crippen molar-refractivity contribution in [3.8, 4) is 0 Å². The lowest BCUT2D eigenvalue weighted by Crippen LogP contribution is -2.46. The Kier molecular flexibility index (Phi) is 3.39. The minimum absolute atomic E-state index is 0.107. The molecule has 1 aromatic carbocycles. The molecule has 1 aliphatic heterocycles. The van der Waals surface area contributed by atoms with Crippen LogP contribution < -0.4 is 8.61 Å². The van der Waals surface area contributed by atoms with Crippen LogP contribution in [0.25, 0.3) is 0 Å². The van der Waals surface area contributed by atoms with Gasteiger partial charge in [0, 0.05) is 10.9 Å². The highest BCUT2D eigenvalue weighted by molar-refractivity contribution is 7.94. The van der Waals surface area contributed by atoms with Crippen molar-refractivity contribution in [1.82, 2.24) is 4.98 Å². The number of hydrogen-bond donors (Lipinski definition) is 0. The third kappa shape index (κ3) is 2.25. The maximum Gasteiger partial charge on any atom is 0.327 e. The van der Waals surface area contributed by atoms with Crippen LogP contribution in [0.3, 0.4) is 0 Å². The lowest BCUT2D eigenvalue weighted by Gasteiger charge is -2.35. The SMILES string of the molecule is Cc1nc(C)c(CN2c3ccccc3N(C3CCC3)S2(=O)=O)s1. The fraction of sp³-hybridized carbons (Fsp3) is 0.438. The van der Waals surface area contributed by atoms with Gasteiger partial charge in [-0.2, -0.15) is 8.42 Å². The van der Waals surface area contributed by atoms with E-state index in [1.54, 1.807) is 19.9 Å². The molecule has 0 spiro atoms. The lowest BCUT2D eigenvalue weighted by molar-refractivity contribution is 0.416. The Morgan fingerprint density at radius 3 is 2.48 bits per heavy atom. The number of aryl methyl sites for hydroxylation is 2. The third-order valence-corrected chi connectivity index (χ3v) is 7.54. The van der Waals surface area contributed by atoms with Gasteiger partial charge in [-0.15, -0.1) is 11.3 Å². The molecule has 4 rings (SSSR count). The molecular weight excluding hydrogens is 330 g/mol. The smallest absolute Gasteiger partial charge is 0.248 e. The summed E-state index contributed by atoms with van der Waals surface area (Å²) in [6, 6.07) is 7.72. The van der Waals surface area contributed by atoms with Gasteiger partial charge in [-0.25, -0.2) is 13.6 Å². The summed E-state index contributed by atoms with van der Waals surface area (Å²) in [6.07, 6.45) is 2.99. The summed E-state index contributed by atoms with van der Waals surface area (Å²) in [6.45, 7) is 4.26. The predicted octanol–water partition coefficient (Wildman–Crippen LogP) is 3.38. The molecule has 122 valence electrons. The van der Waals surface area contributed by atoms with Crippen molar-refractivity contribution in [3.05, 3.63) is 39.8 Å². The van der Waals surface area contributed by atoms with Crippen molar-refractivity contribution in [2.24, 2.45) is 0 Å². The minimum atomic E-state index is -3.51. The maximum atomic E-state index is 13.1. The van der Waals surface area contributed by atoms with E-state index in [1.165, 1.54) is 0 Å². The van der Waals surface area contributed by atoms with E-state index in [4.69, 9.17) is 0 Å². The van der Waals surface area contributed by atoms with E-state index in [2.05, 4.69) is 4.98 Å². The Bertz CT molecular complexity index is 856. The zero-order chi connectivity index (χ0) is 16.2. The quantitative estimate of drug-likeness (QED) is 0.853. The molecule has 23 heavy (non-hydrogen) atoms. The van der Waals surface area contributed by atoms with Gasteiger partial charge in [-0.3, -0.25) is 0 Å². The van der Waals surface area contributed by atoms with Crippen molar-refractivity contribution in [2.75, 3.05) is 8.61 Å². The Morgan fingerprint density at radius 1 is 1.22 bits per heavy atom. The average Bonchev–Trinajstić information content (AvgIpc) is 2.87. The zero-order valence-corrected chi connectivity index (χ0v) is 14.8.